The van der Waals surface area contributed by atoms with E-state index in [-0.39, 0.29) is 32.8 Å². The second-order valence-corrected chi connectivity index (χ2v) is 4.56. The van der Waals surface area contributed by atoms with Crippen LogP contribution in [0.25, 0.3) is 0 Å². The molecule has 1 rings (SSSR count). The van der Waals surface area contributed by atoms with Crippen LogP contribution in [0.1, 0.15) is 23.2 Å². The number of carboxylic acid groups (broad SMARTS) is 1. The zero-order chi connectivity index (χ0) is 17.8. The molecule has 1 aromatic rings. The summed E-state index contributed by atoms with van der Waals surface area (Å²) in [6, 6.07) is 8.52. The molecule has 0 spiro atoms. The fraction of sp³-hybridized carbons (Fsp3) is 0.375. The average Bonchev–Trinajstić information content (AvgIpc) is 2.59. The molecule has 1 aromatic carbocycles. The number of esters is 2. The zero-order valence-electron chi connectivity index (χ0n) is 12.9. The van der Waals surface area contributed by atoms with Crippen LogP contribution in [0.4, 0.5) is 0 Å². The van der Waals surface area contributed by atoms with E-state index < -0.39 is 30.1 Å². The molecule has 8 heteroatoms. The molecule has 0 bridgehead atoms. The number of aliphatic carboxylic acids is 1. The van der Waals surface area contributed by atoms with Crippen molar-refractivity contribution in [2.24, 2.45) is 0 Å². The topological polar surface area (TPSA) is 116 Å². The summed E-state index contributed by atoms with van der Waals surface area (Å²) in [4.78, 5) is 43.8. The maximum Gasteiger partial charge on any atom is 0.372 e. The van der Waals surface area contributed by atoms with E-state index in [1.165, 1.54) is 0 Å². The van der Waals surface area contributed by atoms with Crippen LogP contribution >= 0.6 is 0 Å². The molecule has 0 atom stereocenters. The van der Waals surface area contributed by atoms with Gasteiger partial charge in [-0.25, -0.2) is 9.59 Å². The van der Waals surface area contributed by atoms with Crippen molar-refractivity contribution in [2.75, 3.05) is 26.4 Å². The Balaban J connectivity index is 2.00. The van der Waals surface area contributed by atoms with Crippen molar-refractivity contribution < 1.29 is 38.5 Å². The lowest BCUT2D eigenvalue weighted by Crippen LogP contribution is -2.17. The van der Waals surface area contributed by atoms with Crippen molar-refractivity contribution in [1.82, 2.24) is 0 Å². The SMILES string of the molecule is O=C(CCC(=O)C(=O)O)OCCOCCOC(=O)c1ccccc1. The second-order valence-electron chi connectivity index (χ2n) is 4.56. The van der Waals surface area contributed by atoms with Crippen molar-refractivity contribution in [3.63, 3.8) is 0 Å². The Bertz CT molecular complexity index is 567. The number of hydrogen-bond donors (Lipinski definition) is 1. The van der Waals surface area contributed by atoms with Crippen molar-refractivity contribution in [3.05, 3.63) is 35.9 Å². The minimum atomic E-state index is -1.57. The van der Waals surface area contributed by atoms with E-state index in [1.807, 2.05) is 0 Å². The van der Waals surface area contributed by atoms with E-state index in [1.54, 1.807) is 30.3 Å². The van der Waals surface area contributed by atoms with Gasteiger partial charge >= 0.3 is 17.9 Å². The molecule has 0 unspecified atom stereocenters. The number of benzene rings is 1. The van der Waals surface area contributed by atoms with Crippen LogP contribution in [0, 0.1) is 0 Å². The van der Waals surface area contributed by atoms with Gasteiger partial charge in [0.25, 0.3) is 0 Å². The first-order chi connectivity index (χ1) is 11.5. The van der Waals surface area contributed by atoms with E-state index in [4.69, 9.17) is 19.3 Å². The van der Waals surface area contributed by atoms with Crippen LogP contribution in [0.2, 0.25) is 0 Å². The summed E-state index contributed by atoms with van der Waals surface area (Å²) >= 11 is 0. The molecule has 0 radical (unpaired) electrons. The number of hydrogen-bond acceptors (Lipinski definition) is 7. The van der Waals surface area contributed by atoms with Gasteiger partial charge in [-0.1, -0.05) is 18.2 Å². The number of carbonyl (C=O) groups excluding carboxylic acids is 3. The summed E-state index contributed by atoms with van der Waals surface area (Å²) in [5, 5.41) is 8.35. The molecule has 130 valence electrons. The van der Waals surface area contributed by atoms with E-state index >= 15 is 0 Å². The Morgan fingerprint density at radius 2 is 1.46 bits per heavy atom. The van der Waals surface area contributed by atoms with Gasteiger partial charge in [0.05, 0.1) is 25.2 Å². The fourth-order valence-electron chi connectivity index (χ4n) is 1.56. The van der Waals surface area contributed by atoms with Gasteiger partial charge in [0, 0.05) is 6.42 Å². The van der Waals surface area contributed by atoms with E-state index in [0.717, 1.165) is 0 Å². The lowest BCUT2D eigenvalue weighted by molar-refractivity contribution is -0.151. The maximum atomic E-state index is 11.6. The first-order valence-corrected chi connectivity index (χ1v) is 7.22. The van der Waals surface area contributed by atoms with Crippen molar-refractivity contribution in [1.29, 1.82) is 0 Å². The quantitative estimate of drug-likeness (QED) is 0.358. The Labute approximate surface area is 138 Å². The summed E-state index contributed by atoms with van der Waals surface area (Å²) in [5.74, 6) is -3.74. The average molecular weight is 338 g/mol. The second kappa shape index (κ2) is 10.9. The molecule has 0 saturated carbocycles. The van der Waals surface area contributed by atoms with Gasteiger partial charge in [-0.2, -0.15) is 0 Å². The molecule has 1 N–H and O–H groups in total. The highest BCUT2D eigenvalue weighted by atomic mass is 16.6. The number of ether oxygens (including phenoxy) is 3. The van der Waals surface area contributed by atoms with Crippen LogP contribution in [-0.2, 0) is 28.6 Å². The zero-order valence-corrected chi connectivity index (χ0v) is 12.9. The van der Waals surface area contributed by atoms with Gasteiger partial charge in [-0.05, 0) is 12.1 Å². The molecule has 8 nitrogen and oxygen atoms in total. The lowest BCUT2D eigenvalue weighted by atomic mass is 10.2. The van der Waals surface area contributed by atoms with E-state index in [9.17, 15) is 19.2 Å². The van der Waals surface area contributed by atoms with Gasteiger partial charge < -0.3 is 19.3 Å². The standard InChI is InChI=1S/C16H18O8/c17-13(15(19)20)6-7-14(18)23-10-8-22-9-11-24-16(21)12-4-2-1-3-5-12/h1-5H,6-11H2,(H,19,20). The third kappa shape index (κ3) is 8.04. The first kappa shape index (κ1) is 19.3. The highest BCUT2D eigenvalue weighted by Crippen LogP contribution is 2.00. The minimum absolute atomic E-state index is 0.0350. The predicted molar refractivity (Wildman–Crippen MR) is 80.4 cm³/mol. The lowest BCUT2D eigenvalue weighted by Gasteiger charge is -2.07. The molecule has 0 fully saturated rings. The van der Waals surface area contributed by atoms with Crippen molar-refractivity contribution in [3.8, 4) is 0 Å². The molecular formula is C16H18O8. The maximum absolute atomic E-state index is 11.6. The Hall–Kier alpha value is -2.74. The number of Topliss-reactive ketones (excluding diaryl/α,β-unsaturated/α-hetero) is 1. The monoisotopic (exact) mass is 338 g/mol. The Morgan fingerprint density at radius 1 is 0.833 bits per heavy atom. The summed E-state index contributed by atoms with van der Waals surface area (Å²) in [6.45, 7) is 0.274. The Morgan fingerprint density at radius 3 is 2.08 bits per heavy atom. The van der Waals surface area contributed by atoms with Crippen LogP contribution in [0.5, 0.6) is 0 Å². The summed E-state index contributed by atoms with van der Waals surface area (Å²) in [5.41, 5.74) is 0.447. The van der Waals surface area contributed by atoms with Gasteiger partial charge in [0.1, 0.15) is 13.2 Å². The van der Waals surface area contributed by atoms with Crippen molar-refractivity contribution >= 4 is 23.7 Å². The van der Waals surface area contributed by atoms with Crippen LogP contribution in [0.15, 0.2) is 30.3 Å². The Kier molecular flexibility index (Phi) is 8.77. The smallest absolute Gasteiger partial charge is 0.372 e. The summed E-state index contributed by atoms with van der Waals surface area (Å²) in [7, 11) is 0. The minimum Gasteiger partial charge on any atom is -0.476 e. The summed E-state index contributed by atoms with van der Waals surface area (Å²) in [6.07, 6.45) is -0.690. The van der Waals surface area contributed by atoms with Gasteiger partial charge in [-0.15, -0.1) is 0 Å². The fourth-order valence-corrected chi connectivity index (χ4v) is 1.56. The van der Waals surface area contributed by atoms with Gasteiger partial charge in [0.15, 0.2) is 0 Å². The van der Waals surface area contributed by atoms with E-state index in [0.29, 0.717) is 5.56 Å². The molecule has 0 heterocycles. The highest BCUT2D eigenvalue weighted by Gasteiger charge is 2.14. The van der Waals surface area contributed by atoms with Gasteiger partial charge in [0.2, 0.25) is 5.78 Å². The molecule has 0 aliphatic carbocycles. The number of carboxylic acids is 1. The first-order valence-electron chi connectivity index (χ1n) is 7.22. The van der Waals surface area contributed by atoms with E-state index in [2.05, 4.69) is 0 Å². The third-order valence-electron chi connectivity index (χ3n) is 2.76. The predicted octanol–water partition coefficient (Wildman–Crippen LogP) is 0.837. The summed E-state index contributed by atoms with van der Waals surface area (Å²) < 4.78 is 14.8. The molecule has 24 heavy (non-hydrogen) atoms. The van der Waals surface area contributed by atoms with Crippen LogP contribution < -0.4 is 0 Å². The highest BCUT2D eigenvalue weighted by molar-refractivity contribution is 6.32. The van der Waals surface area contributed by atoms with Crippen LogP contribution in [0.3, 0.4) is 0 Å². The number of carbonyl (C=O) groups is 4. The third-order valence-corrected chi connectivity index (χ3v) is 2.76. The molecule has 0 amide bonds. The molecule has 0 saturated heterocycles. The normalized spacial score (nSPS) is 10.0. The number of rotatable bonds is 11. The largest absolute Gasteiger partial charge is 0.476 e. The van der Waals surface area contributed by atoms with Gasteiger partial charge in [-0.3, -0.25) is 9.59 Å². The molecular weight excluding hydrogens is 320 g/mol. The number of ketones is 1. The molecule has 0 aliphatic rings. The molecule has 0 aliphatic heterocycles. The van der Waals surface area contributed by atoms with Crippen LogP contribution in [-0.4, -0.2) is 55.2 Å². The molecule has 0 aromatic heterocycles. The van der Waals surface area contributed by atoms with Crippen molar-refractivity contribution in [2.45, 2.75) is 12.8 Å².